The Morgan fingerprint density at radius 3 is 3.03 bits per heavy atom. The maximum absolute atomic E-state index is 9.52. The standard InChI is InChI=1S/C25H32N8O2/c1-17(2)31-7-4-5-18(13-31)14-32-15-20(11-29-32)23-22-6-8-35-16-28-24(22)33(30-23)21-9-19(10-26)25(34-3)27-12-21/h9,11-12,15,17-18,28H,4-8,13-14,16H2,1-3H3. The minimum absolute atomic E-state index is 0.297. The van der Waals surface area contributed by atoms with Crippen molar-refractivity contribution in [1.82, 2.24) is 29.4 Å². The summed E-state index contributed by atoms with van der Waals surface area (Å²) < 4.78 is 14.7. The molecule has 2 aliphatic heterocycles. The number of nitrogens with zero attached hydrogens (tertiary/aromatic N) is 7. The van der Waals surface area contributed by atoms with Crippen LogP contribution >= 0.6 is 0 Å². The first-order valence-corrected chi connectivity index (χ1v) is 12.2. The number of pyridine rings is 1. The third kappa shape index (κ3) is 4.74. The van der Waals surface area contributed by atoms with Crippen molar-refractivity contribution in [1.29, 1.82) is 5.26 Å². The van der Waals surface area contributed by atoms with Crippen LogP contribution in [0.4, 0.5) is 5.82 Å². The van der Waals surface area contributed by atoms with Crippen LogP contribution in [-0.2, 0) is 17.7 Å². The first kappa shape index (κ1) is 23.3. The summed E-state index contributed by atoms with van der Waals surface area (Å²) in [6.07, 6.45) is 8.85. The highest BCUT2D eigenvalue weighted by molar-refractivity contribution is 5.70. The molecule has 10 nitrogen and oxygen atoms in total. The molecule has 5 rings (SSSR count). The topological polar surface area (TPSA) is 106 Å². The lowest BCUT2D eigenvalue weighted by Crippen LogP contribution is -2.41. The molecule has 0 bridgehead atoms. The summed E-state index contributed by atoms with van der Waals surface area (Å²) in [4.78, 5) is 6.86. The van der Waals surface area contributed by atoms with Gasteiger partial charge in [-0.05, 0) is 45.2 Å². The quantitative estimate of drug-likeness (QED) is 0.579. The summed E-state index contributed by atoms with van der Waals surface area (Å²) in [6.45, 7) is 8.73. The lowest BCUT2D eigenvalue weighted by Gasteiger charge is -2.35. The zero-order chi connectivity index (χ0) is 24.4. The Hall–Kier alpha value is -3.42. The van der Waals surface area contributed by atoms with E-state index in [0.717, 1.165) is 42.1 Å². The second-order valence-corrected chi connectivity index (χ2v) is 9.48. The lowest BCUT2D eigenvalue weighted by molar-refractivity contribution is 0.128. The van der Waals surface area contributed by atoms with E-state index in [9.17, 15) is 5.26 Å². The minimum atomic E-state index is 0.297. The molecular formula is C25H32N8O2. The number of hydrogen-bond donors (Lipinski definition) is 1. The second kappa shape index (κ2) is 10.1. The van der Waals surface area contributed by atoms with Gasteiger partial charge in [-0.25, -0.2) is 9.67 Å². The molecule has 35 heavy (non-hydrogen) atoms. The minimum Gasteiger partial charge on any atom is -0.480 e. The molecule has 5 heterocycles. The van der Waals surface area contributed by atoms with Gasteiger partial charge in [0, 0.05) is 42.9 Å². The van der Waals surface area contributed by atoms with Crippen LogP contribution in [0.3, 0.4) is 0 Å². The summed E-state index contributed by atoms with van der Waals surface area (Å²) in [5, 5.41) is 22.5. The van der Waals surface area contributed by atoms with Gasteiger partial charge < -0.3 is 19.7 Å². The van der Waals surface area contributed by atoms with Gasteiger partial charge in [0.1, 0.15) is 29.9 Å². The van der Waals surface area contributed by atoms with Gasteiger partial charge in [-0.15, -0.1) is 0 Å². The van der Waals surface area contributed by atoms with Gasteiger partial charge in [0.25, 0.3) is 0 Å². The molecule has 10 heteroatoms. The van der Waals surface area contributed by atoms with Crippen LogP contribution in [0.25, 0.3) is 16.9 Å². The highest BCUT2D eigenvalue weighted by Gasteiger charge is 2.25. The van der Waals surface area contributed by atoms with E-state index in [1.54, 1.807) is 16.9 Å². The van der Waals surface area contributed by atoms with Gasteiger partial charge in [-0.2, -0.15) is 15.5 Å². The van der Waals surface area contributed by atoms with Crippen molar-refractivity contribution in [3.63, 3.8) is 0 Å². The summed E-state index contributed by atoms with van der Waals surface area (Å²) >= 11 is 0. The molecule has 0 spiro atoms. The van der Waals surface area contributed by atoms with Gasteiger partial charge >= 0.3 is 0 Å². The normalized spacial score (nSPS) is 18.5. The van der Waals surface area contributed by atoms with Gasteiger partial charge in [-0.1, -0.05) is 0 Å². The molecule has 3 aromatic rings. The van der Waals surface area contributed by atoms with Gasteiger partial charge in [0.05, 0.1) is 31.8 Å². The maximum Gasteiger partial charge on any atom is 0.231 e. The number of fused-ring (bicyclic) bond motifs is 1. The van der Waals surface area contributed by atoms with Crippen LogP contribution in [0.1, 0.15) is 37.8 Å². The zero-order valence-corrected chi connectivity index (χ0v) is 20.6. The Morgan fingerprint density at radius 1 is 1.34 bits per heavy atom. The van der Waals surface area contributed by atoms with Crippen molar-refractivity contribution >= 4 is 5.82 Å². The van der Waals surface area contributed by atoms with E-state index in [1.165, 1.54) is 26.5 Å². The Bertz CT molecular complexity index is 1220. The Morgan fingerprint density at radius 2 is 2.23 bits per heavy atom. The second-order valence-electron chi connectivity index (χ2n) is 9.48. The molecule has 0 radical (unpaired) electrons. The predicted octanol–water partition coefficient (Wildman–Crippen LogP) is 3.07. The smallest absolute Gasteiger partial charge is 0.231 e. The number of aromatic nitrogens is 5. The molecule has 1 N–H and O–H groups in total. The molecule has 1 fully saturated rings. The number of rotatable bonds is 6. The van der Waals surface area contributed by atoms with Gasteiger partial charge in [0.2, 0.25) is 5.88 Å². The van der Waals surface area contributed by atoms with E-state index in [-0.39, 0.29) is 0 Å². The van der Waals surface area contributed by atoms with E-state index in [1.807, 2.05) is 6.20 Å². The highest BCUT2D eigenvalue weighted by atomic mass is 16.5. The average Bonchev–Trinajstić information content (AvgIpc) is 3.40. The number of nitrogens with one attached hydrogen (secondary N) is 1. The van der Waals surface area contributed by atoms with E-state index in [4.69, 9.17) is 14.6 Å². The first-order chi connectivity index (χ1) is 17.1. The molecule has 1 saturated heterocycles. The number of methoxy groups -OCH3 is 1. The molecule has 0 aliphatic carbocycles. The van der Waals surface area contributed by atoms with Crippen molar-refractivity contribution in [2.45, 2.75) is 45.7 Å². The van der Waals surface area contributed by atoms with Gasteiger partial charge in [-0.3, -0.25) is 4.68 Å². The number of nitriles is 1. The SMILES string of the molecule is COc1ncc(-n2nc(-c3cnn(CC4CCCN(C(C)C)C4)c3)c3c2NCOCC3)cc1C#N. The van der Waals surface area contributed by atoms with Crippen molar-refractivity contribution in [2.75, 3.05) is 38.9 Å². The van der Waals surface area contributed by atoms with Crippen LogP contribution in [0.5, 0.6) is 5.88 Å². The molecule has 0 aromatic carbocycles. The fraction of sp³-hybridized carbons (Fsp3) is 0.520. The van der Waals surface area contributed by atoms with E-state index < -0.39 is 0 Å². The van der Waals surface area contributed by atoms with Crippen molar-refractivity contribution in [3.8, 4) is 28.9 Å². The molecule has 1 unspecified atom stereocenters. The third-order valence-corrected chi connectivity index (χ3v) is 6.85. The predicted molar refractivity (Wildman–Crippen MR) is 131 cm³/mol. The molecule has 2 aliphatic rings. The molecule has 0 saturated carbocycles. The largest absolute Gasteiger partial charge is 0.480 e. The van der Waals surface area contributed by atoms with Crippen LogP contribution in [0.15, 0.2) is 24.7 Å². The average molecular weight is 477 g/mol. The molecule has 1 atom stereocenters. The zero-order valence-electron chi connectivity index (χ0n) is 20.6. The summed E-state index contributed by atoms with van der Waals surface area (Å²) in [5.41, 5.74) is 3.95. The van der Waals surface area contributed by atoms with E-state index in [0.29, 0.717) is 42.4 Å². The van der Waals surface area contributed by atoms with Crippen LogP contribution in [0, 0.1) is 17.2 Å². The molecule has 3 aromatic heterocycles. The van der Waals surface area contributed by atoms with E-state index in [2.05, 4.69) is 51.1 Å². The molecule has 184 valence electrons. The summed E-state index contributed by atoms with van der Waals surface area (Å²) in [5.74, 6) is 1.74. The number of hydrogen-bond acceptors (Lipinski definition) is 8. The van der Waals surface area contributed by atoms with Gasteiger partial charge in [0.15, 0.2) is 0 Å². The highest BCUT2D eigenvalue weighted by Crippen LogP contribution is 2.33. The van der Waals surface area contributed by atoms with Crippen molar-refractivity contribution in [2.24, 2.45) is 5.92 Å². The van der Waals surface area contributed by atoms with Crippen molar-refractivity contribution < 1.29 is 9.47 Å². The Kier molecular flexibility index (Phi) is 6.70. The fourth-order valence-electron chi connectivity index (χ4n) is 5.02. The first-order valence-electron chi connectivity index (χ1n) is 12.2. The Labute approximate surface area is 205 Å². The number of anilines is 1. The van der Waals surface area contributed by atoms with Crippen molar-refractivity contribution in [3.05, 3.63) is 35.8 Å². The monoisotopic (exact) mass is 476 g/mol. The molecular weight excluding hydrogens is 444 g/mol. The fourth-order valence-corrected chi connectivity index (χ4v) is 5.02. The Balaban J connectivity index is 1.46. The van der Waals surface area contributed by atoms with E-state index >= 15 is 0 Å². The summed E-state index contributed by atoms with van der Waals surface area (Å²) in [7, 11) is 1.51. The lowest BCUT2D eigenvalue weighted by atomic mass is 9.97. The summed E-state index contributed by atoms with van der Waals surface area (Å²) in [6, 6.07) is 4.47. The maximum atomic E-state index is 9.52. The number of piperidine rings is 1. The third-order valence-electron chi connectivity index (χ3n) is 6.85. The van der Waals surface area contributed by atoms with Crippen LogP contribution in [-0.4, -0.2) is 69.0 Å². The number of likely N-dealkylation sites (tertiary alicyclic amines) is 1. The number of ether oxygens (including phenoxy) is 2. The molecule has 0 amide bonds. The van der Waals surface area contributed by atoms with Crippen LogP contribution in [0.2, 0.25) is 0 Å². The van der Waals surface area contributed by atoms with Crippen LogP contribution < -0.4 is 10.1 Å².